The standard InChI is InChI=1S/C25H18BrFO/c26-19-7-12-21-17(13-19)6-11-23-22(21)10-5-15-1-2-18(14-24(15)23)25(28)16-3-8-20(27)9-4-16/h3-5,7-14,18H,1-2,6H2. The Bertz CT molecular complexity index is 1220. The van der Waals surface area contributed by atoms with Gasteiger partial charge in [-0.3, -0.25) is 4.79 Å². The van der Waals surface area contributed by atoms with E-state index in [1.807, 2.05) is 0 Å². The van der Waals surface area contributed by atoms with Crippen molar-refractivity contribution in [2.24, 2.45) is 5.92 Å². The second-order valence-corrected chi connectivity index (χ2v) is 8.41. The molecular formula is C25H18BrFO. The number of Topliss-reactive ketones (excluding diaryl/α,β-unsaturated/α-hetero) is 1. The number of fused-ring (bicyclic) bond motifs is 5. The van der Waals surface area contributed by atoms with Crippen LogP contribution in [0.3, 0.4) is 0 Å². The Labute approximate surface area is 171 Å². The minimum Gasteiger partial charge on any atom is -0.294 e. The Morgan fingerprint density at radius 3 is 2.54 bits per heavy atom. The van der Waals surface area contributed by atoms with Crippen molar-refractivity contribution in [3.8, 4) is 11.1 Å². The summed E-state index contributed by atoms with van der Waals surface area (Å²) in [4.78, 5) is 13.0. The Balaban J connectivity index is 1.62. The van der Waals surface area contributed by atoms with Gasteiger partial charge in [-0.05, 0) is 88.4 Å². The van der Waals surface area contributed by atoms with E-state index >= 15 is 0 Å². The Kier molecular flexibility index (Phi) is 4.28. The third kappa shape index (κ3) is 2.94. The molecule has 1 unspecified atom stereocenters. The maximum Gasteiger partial charge on any atom is 0.169 e. The van der Waals surface area contributed by atoms with Crippen LogP contribution in [0.4, 0.5) is 4.39 Å². The van der Waals surface area contributed by atoms with Gasteiger partial charge in [-0.25, -0.2) is 4.39 Å². The molecule has 3 aromatic carbocycles. The molecule has 2 aliphatic carbocycles. The van der Waals surface area contributed by atoms with Gasteiger partial charge in [0.25, 0.3) is 0 Å². The van der Waals surface area contributed by atoms with Crippen molar-refractivity contribution in [3.05, 3.63) is 92.0 Å². The summed E-state index contributed by atoms with van der Waals surface area (Å²) in [5, 5.41) is 2.43. The van der Waals surface area contributed by atoms with E-state index in [0.29, 0.717) is 5.56 Å². The quantitative estimate of drug-likeness (QED) is 0.530. The number of halogens is 2. The molecule has 0 amide bonds. The Morgan fingerprint density at radius 2 is 1.71 bits per heavy atom. The molecule has 0 heterocycles. The maximum atomic E-state index is 13.2. The van der Waals surface area contributed by atoms with E-state index in [0.717, 1.165) is 23.7 Å². The molecule has 0 aromatic heterocycles. The number of rotatable bonds is 2. The number of benzene rings is 3. The highest BCUT2D eigenvalue weighted by atomic mass is 79.9. The number of hydrogen-bond acceptors (Lipinski definition) is 1. The minimum absolute atomic E-state index is 0.0726. The van der Waals surface area contributed by atoms with E-state index in [4.69, 9.17) is 0 Å². The molecule has 1 atom stereocenters. The fraction of sp³-hybridized carbons (Fsp3) is 0.160. The number of ketones is 1. The van der Waals surface area contributed by atoms with Gasteiger partial charge in [-0.15, -0.1) is 0 Å². The molecule has 0 aliphatic heterocycles. The molecule has 1 nitrogen and oxygen atoms in total. The lowest BCUT2D eigenvalue weighted by Crippen LogP contribution is -2.37. The van der Waals surface area contributed by atoms with Crippen molar-refractivity contribution in [1.29, 1.82) is 0 Å². The van der Waals surface area contributed by atoms with E-state index in [-0.39, 0.29) is 17.5 Å². The number of carbonyl (C=O) groups is 1. The molecule has 0 saturated carbocycles. The van der Waals surface area contributed by atoms with Crippen LogP contribution in [0.5, 0.6) is 0 Å². The van der Waals surface area contributed by atoms with Gasteiger partial charge in [-0.1, -0.05) is 46.3 Å². The first-order valence-electron chi connectivity index (χ1n) is 9.53. The highest BCUT2D eigenvalue weighted by molar-refractivity contribution is 9.10. The van der Waals surface area contributed by atoms with Crippen molar-refractivity contribution < 1.29 is 9.18 Å². The zero-order chi connectivity index (χ0) is 19.3. The fourth-order valence-corrected chi connectivity index (χ4v) is 4.80. The summed E-state index contributed by atoms with van der Waals surface area (Å²) < 4.78 is 14.3. The van der Waals surface area contributed by atoms with E-state index in [9.17, 15) is 9.18 Å². The maximum absolute atomic E-state index is 13.2. The monoisotopic (exact) mass is 432 g/mol. The molecule has 3 aromatic rings. The first kappa shape index (κ1) is 17.6. The van der Waals surface area contributed by atoms with E-state index in [1.54, 1.807) is 12.1 Å². The lowest BCUT2D eigenvalue weighted by Gasteiger charge is -2.21. The van der Waals surface area contributed by atoms with Crippen LogP contribution in [0.25, 0.3) is 23.3 Å². The van der Waals surface area contributed by atoms with E-state index in [2.05, 4.69) is 58.4 Å². The summed E-state index contributed by atoms with van der Waals surface area (Å²) in [7, 11) is 0. The predicted molar refractivity (Wildman–Crippen MR) is 114 cm³/mol. The molecule has 0 fully saturated rings. The van der Waals surface area contributed by atoms with E-state index < -0.39 is 0 Å². The van der Waals surface area contributed by atoms with Gasteiger partial charge in [-0.2, -0.15) is 0 Å². The van der Waals surface area contributed by atoms with Crippen LogP contribution < -0.4 is 10.4 Å². The first-order valence-corrected chi connectivity index (χ1v) is 10.3. The Hall–Kier alpha value is -2.52. The SMILES string of the molecule is O=C(c1ccc(F)cc1)C1C=c2c(ccc3c2=CCc2cc(Br)ccc2-3)CC1. The highest BCUT2D eigenvalue weighted by Crippen LogP contribution is 2.28. The summed E-state index contributed by atoms with van der Waals surface area (Å²) in [6.07, 6.45) is 6.99. The van der Waals surface area contributed by atoms with Crippen molar-refractivity contribution >= 4 is 33.9 Å². The van der Waals surface area contributed by atoms with Crippen LogP contribution in [0.15, 0.2) is 59.1 Å². The van der Waals surface area contributed by atoms with Crippen LogP contribution >= 0.6 is 15.9 Å². The largest absolute Gasteiger partial charge is 0.294 e. The van der Waals surface area contributed by atoms with Gasteiger partial charge < -0.3 is 0 Å². The molecule has 28 heavy (non-hydrogen) atoms. The second kappa shape index (κ2) is 6.82. The lowest BCUT2D eigenvalue weighted by molar-refractivity contribution is 0.0946. The smallest absolute Gasteiger partial charge is 0.169 e. The van der Waals surface area contributed by atoms with Crippen LogP contribution in [-0.2, 0) is 12.8 Å². The summed E-state index contributed by atoms with van der Waals surface area (Å²) >= 11 is 3.56. The second-order valence-electron chi connectivity index (χ2n) is 7.49. The average Bonchev–Trinajstić information content (AvgIpc) is 2.72. The van der Waals surface area contributed by atoms with Crippen molar-refractivity contribution in [1.82, 2.24) is 0 Å². The van der Waals surface area contributed by atoms with Crippen molar-refractivity contribution in [2.75, 3.05) is 0 Å². The minimum atomic E-state index is -0.316. The van der Waals surface area contributed by atoms with Crippen molar-refractivity contribution in [3.63, 3.8) is 0 Å². The van der Waals surface area contributed by atoms with Gasteiger partial charge in [0.1, 0.15) is 5.82 Å². The normalized spacial score (nSPS) is 16.9. The van der Waals surface area contributed by atoms with Crippen LogP contribution in [-0.4, -0.2) is 5.78 Å². The number of hydrogen-bond donors (Lipinski definition) is 0. The number of carbonyl (C=O) groups excluding carboxylic acids is 1. The topological polar surface area (TPSA) is 17.1 Å². The lowest BCUT2D eigenvalue weighted by atomic mass is 9.82. The molecule has 2 aliphatic rings. The molecule has 0 spiro atoms. The molecule has 3 heteroatoms. The summed E-state index contributed by atoms with van der Waals surface area (Å²) in [6.45, 7) is 0. The predicted octanol–water partition coefficient (Wildman–Crippen LogP) is 4.82. The summed E-state index contributed by atoms with van der Waals surface area (Å²) in [6, 6.07) is 16.7. The molecule has 0 radical (unpaired) electrons. The summed E-state index contributed by atoms with van der Waals surface area (Å²) in [5.74, 6) is -0.406. The molecule has 5 rings (SSSR count). The molecule has 138 valence electrons. The van der Waals surface area contributed by atoms with Gasteiger partial charge in [0, 0.05) is 16.0 Å². The molecule has 0 N–H and O–H groups in total. The third-order valence-corrected chi connectivity index (χ3v) is 6.31. The average molecular weight is 433 g/mol. The van der Waals surface area contributed by atoms with Gasteiger partial charge >= 0.3 is 0 Å². The third-order valence-electron chi connectivity index (χ3n) is 5.82. The zero-order valence-corrected chi connectivity index (χ0v) is 16.8. The Morgan fingerprint density at radius 1 is 0.929 bits per heavy atom. The zero-order valence-electron chi connectivity index (χ0n) is 15.2. The van der Waals surface area contributed by atoms with Gasteiger partial charge in [0.2, 0.25) is 0 Å². The molecular weight excluding hydrogens is 415 g/mol. The van der Waals surface area contributed by atoms with E-state index in [1.165, 1.54) is 44.8 Å². The van der Waals surface area contributed by atoms with Crippen LogP contribution in [0, 0.1) is 11.7 Å². The fourth-order valence-electron chi connectivity index (χ4n) is 4.39. The summed E-state index contributed by atoms with van der Waals surface area (Å²) in [5.41, 5.74) is 5.70. The van der Waals surface area contributed by atoms with Crippen molar-refractivity contribution in [2.45, 2.75) is 19.3 Å². The molecule has 0 bridgehead atoms. The highest BCUT2D eigenvalue weighted by Gasteiger charge is 2.23. The number of aryl methyl sites for hydroxylation is 1. The van der Waals surface area contributed by atoms with Crippen LogP contribution in [0.1, 0.15) is 27.9 Å². The molecule has 0 saturated heterocycles. The first-order chi connectivity index (χ1) is 13.6. The van der Waals surface area contributed by atoms with Gasteiger partial charge in [0.15, 0.2) is 5.78 Å². The van der Waals surface area contributed by atoms with Gasteiger partial charge in [0.05, 0.1) is 0 Å². The van der Waals surface area contributed by atoms with Crippen LogP contribution in [0.2, 0.25) is 0 Å².